The van der Waals surface area contributed by atoms with Gasteiger partial charge in [-0.3, -0.25) is 0 Å². The van der Waals surface area contributed by atoms with Gasteiger partial charge in [0.15, 0.2) is 0 Å². The monoisotopic (exact) mass is 324 g/mol. The van der Waals surface area contributed by atoms with Crippen molar-refractivity contribution in [3.05, 3.63) is 33.5 Å². The molecule has 18 heavy (non-hydrogen) atoms. The van der Waals surface area contributed by atoms with E-state index in [1.807, 2.05) is 6.07 Å². The zero-order chi connectivity index (χ0) is 13.1. The molecule has 0 spiro atoms. The van der Waals surface area contributed by atoms with E-state index in [2.05, 4.69) is 36.2 Å². The molecule has 0 radical (unpaired) electrons. The highest BCUT2D eigenvalue weighted by molar-refractivity contribution is 9.10. The van der Waals surface area contributed by atoms with E-state index in [1.54, 1.807) is 18.2 Å². The van der Waals surface area contributed by atoms with Crippen LogP contribution in [-0.4, -0.2) is 15.0 Å². The van der Waals surface area contributed by atoms with Crippen molar-refractivity contribution < 1.29 is 0 Å². The third kappa shape index (κ3) is 2.85. The zero-order valence-corrected chi connectivity index (χ0v) is 11.2. The molecule has 0 amide bonds. The summed E-state index contributed by atoms with van der Waals surface area (Å²) in [6.07, 6.45) is 0. The zero-order valence-electron chi connectivity index (χ0n) is 8.85. The number of aromatic nitrogens is 3. The minimum atomic E-state index is 0.00904. The number of halogens is 2. The molecule has 1 heterocycles. The van der Waals surface area contributed by atoms with E-state index in [0.29, 0.717) is 15.7 Å². The van der Waals surface area contributed by atoms with Crippen molar-refractivity contribution in [2.24, 2.45) is 0 Å². The van der Waals surface area contributed by atoms with Gasteiger partial charge in [-0.25, -0.2) is 0 Å². The summed E-state index contributed by atoms with van der Waals surface area (Å²) in [6.45, 7) is 0. The number of nitrogens with zero attached hydrogens (tertiary/aromatic N) is 4. The van der Waals surface area contributed by atoms with Gasteiger partial charge in [0, 0.05) is 4.47 Å². The highest BCUT2D eigenvalue weighted by atomic mass is 79.9. The Bertz CT molecular complexity index is 619. The fraction of sp³-hybridized carbons (Fsp3) is 0. The molecule has 0 aliphatic rings. The van der Waals surface area contributed by atoms with Crippen LogP contribution in [0.2, 0.25) is 5.28 Å². The molecule has 90 valence electrons. The van der Waals surface area contributed by atoms with Crippen molar-refractivity contribution in [1.82, 2.24) is 15.0 Å². The molecule has 2 aromatic rings. The van der Waals surface area contributed by atoms with Gasteiger partial charge in [-0.2, -0.15) is 20.2 Å². The molecule has 1 aromatic carbocycles. The Kier molecular flexibility index (Phi) is 3.60. The molecule has 8 heteroatoms. The van der Waals surface area contributed by atoms with Crippen LogP contribution in [0.15, 0.2) is 22.7 Å². The summed E-state index contributed by atoms with van der Waals surface area (Å²) in [5.41, 5.74) is 6.69. The maximum atomic E-state index is 8.76. The molecular formula is C10H6BrClN6. The fourth-order valence-electron chi connectivity index (χ4n) is 1.23. The molecule has 0 saturated carbocycles. The van der Waals surface area contributed by atoms with E-state index in [0.717, 1.165) is 0 Å². The quantitative estimate of drug-likeness (QED) is 0.879. The summed E-state index contributed by atoms with van der Waals surface area (Å²) in [6, 6.07) is 7.10. The maximum absolute atomic E-state index is 8.76. The van der Waals surface area contributed by atoms with Gasteiger partial charge in [-0.1, -0.05) is 0 Å². The molecule has 0 bridgehead atoms. The number of nitrogens with one attached hydrogen (secondary N) is 1. The highest BCUT2D eigenvalue weighted by Crippen LogP contribution is 2.25. The first-order valence-corrected chi connectivity index (χ1v) is 5.89. The molecule has 3 N–H and O–H groups in total. The lowest BCUT2D eigenvalue weighted by Crippen LogP contribution is -2.03. The average Bonchev–Trinajstić information content (AvgIpc) is 2.30. The van der Waals surface area contributed by atoms with E-state index < -0.39 is 0 Å². The van der Waals surface area contributed by atoms with E-state index in [-0.39, 0.29) is 17.2 Å². The minimum Gasteiger partial charge on any atom is -0.368 e. The summed E-state index contributed by atoms with van der Waals surface area (Å²) in [5, 5.41) is 11.7. The Hall–Kier alpha value is -1.91. The van der Waals surface area contributed by atoms with Crippen molar-refractivity contribution >= 4 is 45.1 Å². The Balaban J connectivity index is 2.31. The normalized spacial score (nSPS) is 9.83. The average molecular weight is 326 g/mol. The van der Waals surface area contributed by atoms with Gasteiger partial charge in [0.1, 0.15) is 0 Å². The van der Waals surface area contributed by atoms with Crippen LogP contribution in [0.3, 0.4) is 0 Å². The van der Waals surface area contributed by atoms with Crippen molar-refractivity contribution in [3.63, 3.8) is 0 Å². The fourth-order valence-corrected chi connectivity index (χ4v) is 1.87. The molecule has 1 aromatic heterocycles. The second kappa shape index (κ2) is 5.16. The second-order valence-electron chi connectivity index (χ2n) is 3.22. The lowest BCUT2D eigenvalue weighted by Gasteiger charge is -2.07. The molecule has 0 atom stereocenters. The van der Waals surface area contributed by atoms with Crippen LogP contribution in [0.25, 0.3) is 0 Å². The first kappa shape index (κ1) is 12.5. The summed E-state index contributed by atoms with van der Waals surface area (Å²) in [7, 11) is 0. The van der Waals surface area contributed by atoms with Crippen LogP contribution in [0, 0.1) is 11.3 Å². The van der Waals surface area contributed by atoms with Crippen molar-refractivity contribution in [3.8, 4) is 6.07 Å². The third-order valence-corrected chi connectivity index (χ3v) is 2.80. The van der Waals surface area contributed by atoms with Gasteiger partial charge >= 0.3 is 0 Å². The largest absolute Gasteiger partial charge is 0.368 e. The minimum absolute atomic E-state index is 0.00904. The summed E-state index contributed by atoms with van der Waals surface area (Å²) >= 11 is 9.00. The van der Waals surface area contributed by atoms with E-state index in [9.17, 15) is 0 Å². The number of nitriles is 1. The molecule has 0 unspecified atom stereocenters. The van der Waals surface area contributed by atoms with Crippen LogP contribution in [0.1, 0.15) is 5.56 Å². The molecule has 0 saturated heterocycles. The van der Waals surface area contributed by atoms with Crippen molar-refractivity contribution in [2.45, 2.75) is 0 Å². The lowest BCUT2D eigenvalue weighted by molar-refractivity contribution is 1.07. The van der Waals surface area contributed by atoms with Gasteiger partial charge in [-0.05, 0) is 45.7 Å². The molecule has 2 rings (SSSR count). The van der Waals surface area contributed by atoms with Crippen LogP contribution in [-0.2, 0) is 0 Å². The highest BCUT2D eigenvalue weighted by Gasteiger charge is 2.06. The Morgan fingerprint density at radius 1 is 1.33 bits per heavy atom. The van der Waals surface area contributed by atoms with Crippen molar-refractivity contribution in [1.29, 1.82) is 5.26 Å². The van der Waals surface area contributed by atoms with Crippen LogP contribution < -0.4 is 11.1 Å². The van der Waals surface area contributed by atoms with Crippen LogP contribution in [0.5, 0.6) is 0 Å². The van der Waals surface area contributed by atoms with Crippen LogP contribution >= 0.6 is 27.5 Å². The Morgan fingerprint density at radius 2 is 2.11 bits per heavy atom. The number of hydrogen-bond acceptors (Lipinski definition) is 6. The number of hydrogen-bond donors (Lipinski definition) is 2. The number of nitrogens with two attached hydrogens (primary N) is 1. The summed E-state index contributed by atoms with van der Waals surface area (Å²) in [5.74, 6) is 0.264. The summed E-state index contributed by atoms with van der Waals surface area (Å²) in [4.78, 5) is 11.4. The topological polar surface area (TPSA) is 101 Å². The van der Waals surface area contributed by atoms with Gasteiger partial charge in [0.2, 0.25) is 17.2 Å². The number of nitrogen functional groups attached to an aromatic ring is 1. The smallest absolute Gasteiger partial charge is 0.233 e. The van der Waals surface area contributed by atoms with E-state index >= 15 is 0 Å². The molecule has 0 fully saturated rings. The van der Waals surface area contributed by atoms with Gasteiger partial charge < -0.3 is 11.1 Å². The van der Waals surface area contributed by atoms with Gasteiger partial charge in [-0.15, -0.1) is 0 Å². The van der Waals surface area contributed by atoms with E-state index in [1.165, 1.54) is 0 Å². The maximum Gasteiger partial charge on any atom is 0.233 e. The lowest BCUT2D eigenvalue weighted by atomic mass is 10.2. The molecular weight excluding hydrogens is 320 g/mol. The number of benzene rings is 1. The number of rotatable bonds is 2. The molecule has 0 aliphatic carbocycles. The molecule has 0 aliphatic heterocycles. The predicted molar refractivity (Wildman–Crippen MR) is 71.4 cm³/mol. The standard InChI is InChI=1S/C10H6BrClN6/c11-6-3-5(4-13)1-2-7(6)15-10-17-8(12)16-9(14)18-10/h1-3H,(H3,14,15,16,17,18). The van der Waals surface area contributed by atoms with E-state index in [4.69, 9.17) is 22.6 Å². The second-order valence-corrected chi connectivity index (χ2v) is 4.41. The van der Waals surface area contributed by atoms with Gasteiger partial charge in [0.25, 0.3) is 0 Å². The van der Waals surface area contributed by atoms with Gasteiger partial charge in [0.05, 0.1) is 17.3 Å². The van der Waals surface area contributed by atoms with Crippen molar-refractivity contribution in [2.75, 3.05) is 11.1 Å². The number of anilines is 3. The van der Waals surface area contributed by atoms with Crippen LogP contribution in [0.4, 0.5) is 17.6 Å². The predicted octanol–water partition coefficient (Wildman–Crippen LogP) is 2.48. The third-order valence-electron chi connectivity index (χ3n) is 1.97. The summed E-state index contributed by atoms with van der Waals surface area (Å²) < 4.78 is 0.705. The SMILES string of the molecule is N#Cc1ccc(Nc2nc(N)nc(Cl)n2)c(Br)c1. The Labute approximate surface area is 116 Å². The first-order valence-electron chi connectivity index (χ1n) is 4.72. The molecule has 6 nitrogen and oxygen atoms in total. The first-order chi connectivity index (χ1) is 8.58. The Morgan fingerprint density at radius 3 is 2.72 bits per heavy atom.